The first-order chi connectivity index (χ1) is 30.4. The van der Waals surface area contributed by atoms with Crippen molar-refractivity contribution in [1.82, 2.24) is 0 Å². The largest absolute Gasteiger partial charge is 0.465 e. The zero-order valence-electron chi connectivity index (χ0n) is 37.5. The Bertz CT molecular complexity index is 1730. The zero-order valence-corrected chi connectivity index (χ0v) is 37.5. The molecule has 0 atom stereocenters. The van der Waals surface area contributed by atoms with Crippen molar-refractivity contribution < 1.29 is 57.2 Å². The number of hydrogen-bond acceptors (Lipinski definition) is 12. The van der Waals surface area contributed by atoms with Gasteiger partial charge in [0.15, 0.2) is 11.6 Å². The maximum atomic E-state index is 13.4. The summed E-state index contributed by atoms with van der Waals surface area (Å²) in [5, 5.41) is 0. The molecule has 346 valence electrons. The molecule has 12 nitrogen and oxygen atoms in total. The smallest absolute Gasteiger partial charge is 0.330 e. The first kappa shape index (κ1) is 49.4. The van der Waals surface area contributed by atoms with Crippen molar-refractivity contribution >= 4 is 41.4 Å². The summed E-state index contributed by atoms with van der Waals surface area (Å²) in [6.07, 6.45) is 20.3. The Hall–Kier alpha value is -4.61. The number of unbranched alkanes of at least 4 members (excludes halogenated alkanes) is 3. The first-order valence-electron chi connectivity index (χ1n) is 23.8. The van der Waals surface area contributed by atoms with Gasteiger partial charge >= 0.3 is 29.8 Å². The van der Waals surface area contributed by atoms with Crippen LogP contribution in [0.15, 0.2) is 43.5 Å². The van der Waals surface area contributed by atoms with E-state index >= 15 is 0 Å². The van der Waals surface area contributed by atoms with Gasteiger partial charge in [-0.2, -0.15) is 0 Å². The molecule has 0 radical (unpaired) electrons. The standard InChI is InChI=1S/C51H70O12/c1-4-43(53)11-7-6-8-31-60-48(55)39-20-12-36(13-21-39)38-18-26-42(27-19-38)51(58)63-46-29-28-44(33-45(46)34(3)52)62-50(57)41-24-16-37(17-25-41)35-14-22-40(23-15-35)49(56)61-32-10-9-30-59-47(54)5-2/h4-5,28-29,33,35-42H,1-2,6-27,30-32H2,3H3. The van der Waals surface area contributed by atoms with Crippen LogP contribution in [0.4, 0.5) is 0 Å². The predicted octanol–water partition coefficient (Wildman–Crippen LogP) is 9.84. The van der Waals surface area contributed by atoms with Gasteiger partial charge in [-0.15, -0.1) is 0 Å². The Labute approximate surface area is 373 Å². The van der Waals surface area contributed by atoms with Gasteiger partial charge in [0.05, 0.1) is 49.1 Å². The van der Waals surface area contributed by atoms with Gasteiger partial charge in [0, 0.05) is 12.5 Å². The van der Waals surface area contributed by atoms with Crippen LogP contribution in [-0.2, 0) is 43.0 Å². The monoisotopic (exact) mass is 874 g/mol. The normalized spacial score (nSPS) is 26.0. The number of allylic oxidation sites excluding steroid dienone is 1. The van der Waals surface area contributed by atoms with Crippen molar-refractivity contribution in [3.63, 3.8) is 0 Å². The summed E-state index contributed by atoms with van der Waals surface area (Å²) in [7, 11) is 0. The average Bonchev–Trinajstić information content (AvgIpc) is 3.31. The molecular weight excluding hydrogens is 805 g/mol. The van der Waals surface area contributed by atoms with E-state index < -0.39 is 5.97 Å². The maximum Gasteiger partial charge on any atom is 0.330 e. The molecule has 4 aliphatic carbocycles. The van der Waals surface area contributed by atoms with Crippen molar-refractivity contribution in [3.05, 3.63) is 49.1 Å². The van der Waals surface area contributed by atoms with Gasteiger partial charge in [-0.3, -0.25) is 28.8 Å². The molecule has 4 aliphatic rings. The number of ether oxygens (including phenoxy) is 5. The van der Waals surface area contributed by atoms with E-state index in [9.17, 15) is 33.6 Å². The summed E-state index contributed by atoms with van der Waals surface area (Å²) in [6.45, 7) is 9.25. The molecule has 0 heterocycles. The Morgan fingerprint density at radius 1 is 0.508 bits per heavy atom. The second kappa shape index (κ2) is 25.6. The van der Waals surface area contributed by atoms with Crippen LogP contribution in [-0.4, -0.2) is 61.2 Å². The van der Waals surface area contributed by atoms with Crippen molar-refractivity contribution in [2.75, 3.05) is 19.8 Å². The summed E-state index contributed by atoms with van der Waals surface area (Å²) in [4.78, 5) is 87.1. The molecule has 0 amide bonds. The highest BCUT2D eigenvalue weighted by Gasteiger charge is 2.37. The highest BCUT2D eigenvalue weighted by Crippen LogP contribution is 2.44. The number of esters is 5. The van der Waals surface area contributed by atoms with Crippen LogP contribution in [0.2, 0.25) is 0 Å². The predicted molar refractivity (Wildman–Crippen MR) is 235 cm³/mol. The van der Waals surface area contributed by atoms with Crippen LogP contribution in [0.3, 0.4) is 0 Å². The number of benzene rings is 1. The Kier molecular flexibility index (Phi) is 20.1. The van der Waals surface area contributed by atoms with Gasteiger partial charge in [0.25, 0.3) is 0 Å². The lowest BCUT2D eigenvalue weighted by molar-refractivity contribution is -0.151. The molecule has 0 spiro atoms. The fourth-order valence-electron chi connectivity index (χ4n) is 10.3. The van der Waals surface area contributed by atoms with Crippen LogP contribution in [0.5, 0.6) is 11.5 Å². The van der Waals surface area contributed by atoms with E-state index in [0.29, 0.717) is 69.0 Å². The summed E-state index contributed by atoms with van der Waals surface area (Å²) >= 11 is 0. The molecule has 12 heteroatoms. The first-order valence-corrected chi connectivity index (χ1v) is 23.8. The van der Waals surface area contributed by atoms with Crippen LogP contribution in [0, 0.1) is 47.3 Å². The lowest BCUT2D eigenvalue weighted by Crippen LogP contribution is -2.32. The summed E-state index contributed by atoms with van der Waals surface area (Å²) in [5.41, 5.74) is 0.201. The van der Waals surface area contributed by atoms with Gasteiger partial charge in [0.1, 0.15) is 11.5 Å². The quantitative estimate of drug-likeness (QED) is 0.0271. The molecule has 0 aromatic heterocycles. The third-order valence-corrected chi connectivity index (χ3v) is 14.2. The highest BCUT2D eigenvalue weighted by molar-refractivity contribution is 5.98. The minimum Gasteiger partial charge on any atom is -0.465 e. The molecule has 0 bridgehead atoms. The molecule has 0 unspecified atom stereocenters. The molecule has 5 rings (SSSR count). The molecule has 63 heavy (non-hydrogen) atoms. The topological polar surface area (TPSA) is 166 Å². The second-order valence-electron chi connectivity index (χ2n) is 18.4. The fourth-order valence-corrected chi connectivity index (χ4v) is 10.3. The summed E-state index contributed by atoms with van der Waals surface area (Å²) in [5.74, 6) is 0.240. The lowest BCUT2D eigenvalue weighted by Gasteiger charge is -2.36. The van der Waals surface area contributed by atoms with E-state index in [1.54, 1.807) is 12.1 Å². The average molecular weight is 875 g/mol. The Morgan fingerprint density at radius 2 is 0.921 bits per heavy atom. The minimum absolute atomic E-state index is 0.0436. The van der Waals surface area contributed by atoms with Crippen LogP contribution in [0.25, 0.3) is 0 Å². The van der Waals surface area contributed by atoms with Crippen molar-refractivity contribution in [2.45, 2.75) is 148 Å². The Morgan fingerprint density at radius 3 is 1.35 bits per heavy atom. The summed E-state index contributed by atoms with van der Waals surface area (Å²) in [6, 6.07) is 4.63. The van der Waals surface area contributed by atoms with E-state index in [4.69, 9.17) is 23.7 Å². The van der Waals surface area contributed by atoms with Crippen molar-refractivity contribution in [1.29, 1.82) is 0 Å². The molecular formula is C51H70O12. The van der Waals surface area contributed by atoms with Crippen molar-refractivity contribution in [3.8, 4) is 11.5 Å². The molecule has 0 N–H and O–H groups in total. The van der Waals surface area contributed by atoms with Crippen LogP contribution in [0.1, 0.15) is 159 Å². The highest BCUT2D eigenvalue weighted by atomic mass is 16.6. The molecule has 1 aromatic carbocycles. The van der Waals surface area contributed by atoms with Gasteiger partial charge in [-0.05, 0) is 190 Å². The van der Waals surface area contributed by atoms with Gasteiger partial charge in [-0.1, -0.05) is 13.2 Å². The van der Waals surface area contributed by atoms with E-state index in [1.165, 1.54) is 19.1 Å². The van der Waals surface area contributed by atoms with E-state index in [2.05, 4.69) is 13.2 Å². The van der Waals surface area contributed by atoms with Gasteiger partial charge in [-0.25, -0.2) is 4.79 Å². The third kappa shape index (κ3) is 15.6. The minimum atomic E-state index is -0.454. The molecule has 0 aliphatic heterocycles. The number of carbonyl (C=O) groups excluding carboxylic acids is 7. The van der Waals surface area contributed by atoms with E-state index in [1.807, 2.05) is 0 Å². The molecule has 4 fully saturated rings. The van der Waals surface area contributed by atoms with Gasteiger partial charge in [0.2, 0.25) is 0 Å². The second-order valence-corrected chi connectivity index (χ2v) is 18.4. The molecule has 1 aromatic rings. The third-order valence-electron chi connectivity index (χ3n) is 14.2. The SMILES string of the molecule is C=CC(=O)CCCCCOC(=O)C1CCC(C2CCC(C(=O)Oc3ccc(OC(=O)C4CCC(C5CCC(C(=O)OCCCCOC(=O)C=C)CC5)CC4)cc3C(C)=O)CC2)CC1. The van der Waals surface area contributed by atoms with Crippen molar-refractivity contribution in [2.24, 2.45) is 47.3 Å². The molecule has 4 saturated carbocycles. The van der Waals surface area contributed by atoms with E-state index in [0.717, 1.165) is 115 Å². The van der Waals surface area contributed by atoms with Crippen LogP contribution < -0.4 is 9.47 Å². The zero-order chi connectivity index (χ0) is 45.1. The number of rotatable bonds is 22. The number of Topliss-reactive ketones (excluding diaryl/α,β-unsaturated/α-hetero) is 1. The number of carbonyl (C=O) groups is 7. The van der Waals surface area contributed by atoms with E-state index in [-0.39, 0.29) is 82.8 Å². The maximum absolute atomic E-state index is 13.4. The Balaban J connectivity index is 0.967. The molecule has 0 saturated heterocycles. The van der Waals surface area contributed by atoms with Crippen LogP contribution >= 0.6 is 0 Å². The summed E-state index contributed by atoms with van der Waals surface area (Å²) < 4.78 is 27.6. The number of ketones is 2. The lowest BCUT2D eigenvalue weighted by atomic mass is 9.69. The number of hydrogen-bond donors (Lipinski definition) is 0. The van der Waals surface area contributed by atoms with Gasteiger partial charge < -0.3 is 23.7 Å². The fraction of sp³-hybridized carbons (Fsp3) is 0.667.